The van der Waals surface area contributed by atoms with E-state index in [9.17, 15) is 0 Å². The third-order valence-electron chi connectivity index (χ3n) is 1.62. The molecule has 0 amide bonds. The van der Waals surface area contributed by atoms with Crippen molar-refractivity contribution in [1.82, 2.24) is 5.32 Å². The Bertz CT molecular complexity index is 392. The standard InChI is InChI=1S/C12H12N2/c1-12(2,10-13)7-6-11-5-3-4-8-14-9-11/h3-5,8-9,14H,1-2H3. The Labute approximate surface area is 84.6 Å². The summed E-state index contributed by atoms with van der Waals surface area (Å²) in [5.41, 5.74) is 0.285. The van der Waals surface area contributed by atoms with Crippen molar-refractivity contribution in [3.05, 3.63) is 36.2 Å². The summed E-state index contributed by atoms with van der Waals surface area (Å²) in [6.45, 7) is 3.60. The third-order valence-corrected chi connectivity index (χ3v) is 1.62. The number of rotatable bonds is 0. The lowest BCUT2D eigenvalue weighted by molar-refractivity contribution is 0.674. The zero-order chi connectivity index (χ0) is 10.4. The number of nitrogens with one attached hydrogen (secondary N) is 1. The smallest absolute Gasteiger partial charge is 0.112 e. The highest BCUT2D eigenvalue weighted by atomic mass is 14.8. The van der Waals surface area contributed by atoms with E-state index in [0.717, 1.165) is 5.57 Å². The minimum Gasteiger partial charge on any atom is -0.367 e. The quantitative estimate of drug-likeness (QED) is 0.585. The van der Waals surface area contributed by atoms with E-state index in [1.807, 2.05) is 24.4 Å². The van der Waals surface area contributed by atoms with Crippen LogP contribution in [0.5, 0.6) is 0 Å². The molecule has 0 aromatic heterocycles. The fourth-order valence-corrected chi connectivity index (χ4v) is 0.790. The predicted octanol–water partition coefficient (Wildman–Crippen LogP) is 2.10. The van der Waals surface area contributed by atoms with Crippen LogP contribution in [0.25, 0.3) is 0 Å². The molecule has 14 heavy (non-hydrogen) atoms. The number of hydrogen-bond acceptors (Lipinski definition) is 2. The maximum atomic E-state index is 8.76. The summed E-state index contributed by atoms with van der Waals surface area (Å²) in [7, 11) is 0. The number of hydrogen-bond donors (Lipinski definition) is 1. The first-order chi connectivity index (χ1) is 6.64. The van der Waals surface area contributed by atoms with E-state index in [1.165, 1.54) is 0 Å². The molecule has 0 radical (unpaired) electrons. The van der Waals surface area contributed by atoms with Gasteiger partial charge in [0.05, 0.1) is 6.07 Å². The van der Waals surface area contributed by atoms with Gasteiger partial charge in [0.15, 0.2) is 0 Å². The Hall–Kier alpha value is -1.93. The van der Waals surface area contributed by atoms with Crippen LogP contribution in [-0.2, 0) is 0 Å². The Kier molecular flexibility index (Phi) is 3.15. The van der Waals surface area contributed by atoms with Crippen LogP contribution >= 0.6 is 0 Å². The average Bonchev–Trinajstić information content (AvgIpc) is 2.43. The van der Waals surface area contributed by atoms with E-state index in [2.05, 4.69) is 23.2 Å². The molecule has 0 saturated carbocycles. The number of allylic oxidation sites excluding steroid dienone is 4. The third kappa shape index (κ3) is 3.21. The maximum Gasteiger partial charge on any atom is 0.112 e. The fourth-order valence-electron chi connectivity index (χ4n) is 0.790. The molecule has 2 heteroatoms. The SMILES string of the molecule is CC(C)(C#N)C#CC1=CNC=CC=C1. The zero-order valence-electron chi connectivity index (χ0n) is 8.33. The average molecular weight is 184 g/mol. The van der Waals surface area contributed by atoms with Crippen molar-refractivity contribution in [1.29, 1.82) is 5.26 Å². The van der Waals surface area contributed by atoms with E-state index < -0.39 is 5.41 Å². The van der Waals surface area contributed by atoms with Crippen LogP contribution in [0.15, 0.2) is 36.2 Å². The predicted molar refractivity (Wildman–Crippen MR) is 56.7 cm³/mol. The highest BCUT2D eigenvalue weighted by Gasteiger charge is 2.11. The molecule has 1 aliphatic heterocycles. The van der Waals surface area contributed by atoms with Gasteiger partial charge < -0.3 is 5.32 Å². The van der Waals surface area contributed by atoms with Crippen LogP contribution in [0.3, 0.4) is 0 Å². The normalized spacial score (nSPS) is 14.2. The lowest BCUT2D eigenvalue weighted by Crippen LogP contribution is -2.03. The van der Waals surface area contributed by atoms with Gasteiger partial charge in [-0.05, 0) is 26.0 Å². The van der Waals surface area contributed by atoms with E-state index in [4.69, 9.17) is 5.26 Å². The monoisotopic (exact) mass is 184 g/mol. The Balaban J connectivity index is 2.79. The molecule has 0 aromatic carbocycles. The summed E-state index contributed by atoms with van der Waals surface area (Å²) in [6, 6.07) is 2.14. The Morgan fingerprint density at radius 3 is 2.86 bits per heavy atom. The van der Waals surface area contributed by atoms with Gasteiger partial charge in [-0.1, -0.05) is 17.9 Å². The van der Waals surface area contributed by atoms with Crippen LogP contribution in [0.2, 0.25) is 0 Å². The second-order valence-corrected chi connectivity index (χ2v) is 3.47. The molecule has 0 aromatic rings. The van der Waals surface area contributed by atoms with Gasteiger partial charge in [0, 0.05) is 18.0 Å². The van der Waals surface area contributed by atoms with Crippen molar-refractivity contribution in [2.45, 2.75) is 13.8 Å². The van der Waals surface area contributed by atoms with Crippen LogP contribution in [0.4, 0.5) is 0 Å². The molecule has 70 valence electrons. The first-order valence-corrected chi connectivity index (χ1v) is 4.38. The lowest BCUT2D eigenvalue weighted by atomic mass is 9.96. The second-order valence-electron chi connectivity index (χ2n) is 3.47. The summed E-state index contributed by atoms with van der Waals surface area (Å²) in [5, 5.41) is 11.7. The van der Waals surface area contributed by atoms with Crippen molar-refractivity contribution in [3.63, 3.8) is 0 Å². The molecule has 0 unspecified atom stereocenters. The van der Waals surface area contributed by atoms with Crippen LogP contribution < -0.4 is 5.32 Å². The van der Waals surface area contributed by atoms with E-state index >= 15 is 0 Å². The topological polar surface area (TPSA) is 35.8 Å². The molecule has 0 aliphatic carbocycles. The Morgan fingerprint density at radius 1 is 1.36 bits per heavy atom. The van der Waals surface area contributed by atoms with Crippen molar-refractivity contribution in [2.75, 3.05) is 0 Å². The fraction of sp³-hybridized carbons (Fsp3) is 0.250. The van der Waals surface area contributed by atoms with Crippen molar-refractivity contribution in [2.24, 2.45) is 5.41 Å². The maximum absolute atomic E-state index is 8.76. The summed E-state index contributed by atoms with van der Waals surface area (Å²) < 4.78 is 0. The number of nitriles is 1. The van der Waals surface area contributed by atoms with Gasteiger partial charge >= 0.3 is 0 Å². The van der Waals surface area contributed by atoms with Gasteiger partial charge in [-0.15, -0.1) is 0 Å². The van der Waals surface area contributed by atoms with Gasteiger partial charge in [0.1, 0.15) is 5.41 Å². The van der Waals surface area contributed by atoms with E-state index in [0.29, 0.717) is 0 Å². The van der Waals surface area contributed by atoms with Crippen LogP contribution in [-0.4, -0.2) is 0 Å². The molecule has 0 bridgehead atoms. The molecule has 1 heterocycles. The van der Waals surface area contributed by atoms with Gasteiger partial charge in [-0.3, -0.25) is 0 Å². The first kappa shape index (κ1) is 10.2. The minimum atomic E-state index is -0.589. The van der Waals surface area contributed by atoms with Crippen molar-refractivity contribution in [3.8, 4) is 17.9 Å². The van der Waals surface area contributed by atoms with E-state index in [1.54, 1.807) is 20.0 Å². The molecular weight excluding hydrogens is 172 g/mol. The summed E-state index contributed by atoms with van der Waals surface area (Å²) >= 11 is 0. The minimum absolute atomic E-state index is 0.589. The molecule has 0 atom stereocenters. The van der Waals surface area contributed by atoms with Crippen LogP contribution in [0, 0.1) is 28.6 Å². The molecule has 0 saturated heterocycles. The highest BCUT2D eigenvalue weighted by molar-refractivity contribution is 5.42. The van der Waals surface area contributed by atoms with Crippen molar-refractivity contribution >= 4 is 0 Å². The second kappa shape index (κ2) is 4.35. The molecule has 1 N–H and O–H groups in total. The highest BCUT2D eigenvalue weighted by Crippen LogP contribution is 2.11. The van der Waals surface area contributed by atoms with Gasteiger partial charge in [0.25, 0.3) is 0 Å². The van der Waals surface area contributed by atoms with Gasteiger partial charge in [0.2, 0.25) is 0 Å². The number of nitrogens with zero attached hydrogens (tertiary/aromatic N) is 1. The lowest BCUT2D eigenvalue weighted by Gasteiger charge is -2.03. The van der Waals surface area contributed by atoms with E-state index in [-0.39, 0.29) is 0 Å². The summed E-state index contributed by atoms with van der Waals surface area (Å²) in [6.07, 6.45) is 9.32. The summed E-state index contributed by atoms with van der Waals surface area (Å²) in [5.74, 6) is 5.86. The molecule has 2 nitrogen and oxygen atoms in total. The first-order valence-electron chi connectivity index (χ1n) is 4.38. The zero-order valence-corrected chi connectivity index (χ0v) is 8.33. The van der Waals surface area contributed by atoms with Gasteiger partial charge in [-0.25, -0.2) is 0 Å². The molecular formula is C12H12N2. The molecule has 1 rings (SSSR count). The van der Waals surface area contributed by atoms with Gasteiger partial charge in [-0.2, -0.15) is 5.26 Å². The molecule has 0 spiro atoms. The summed E-state index contributed by atoms with van der Waals surface area (Å²) in [4.78, 5) is 0. The largest absolute Gasteiger partial charge is 0.367 e. The molecule has 0 fully saturated rings. The Morgan fingerprint density at radius 2 is 2.14 bits per heavy atom. The molecule has 1 aliphatic rings. The van der Waals surface area contributed by atoms with Crippen LogP contribution in [0.1, 0.15) is 13.8 Å². The van der Waals surface area contributed by atoms with Crippen molar-refractivity contribution < 1.29 is 0 Å².